The minimum atomic E-state index is 0.0782. The Morgan fingerprint density at radius 1 is 1.12 bits per heavy atom. The van der Waals surface area contributed by atoms with Crippen LogP contribution >= 0.6 is 0 Å². The molecule has 0 aliphatic heterocycles. The average molecular weight is 326 g/mol. The molecule has 0 saturated carbocycles. The van der Waals surface area contributed by atoms with Crippen molar-refractivity contribution in [1.29, 1.82) is 0 Å². The topological polar surface area (TPSA) is 51.2 Å². The van der Waals surface area contributed by atoms with Gasteiger partial charge in [-0.25, -0.2) is 0 Å². The average Bonchev–Trinajstić information content (AvgIpc) is 2.59. The number of amides is 1. The molecule has 0 aliphatic rings. The van der Waals surface area contributed by atoms with Crippen molar-refractivity contribution in [2.45, 2.75) is 46.1 Å². The van der Waals surface area contributed by atoms with Crippen LogP contribution in [0, 0.1) is 13.8 Å². The molecule has 2 rings (SSSR count). The lowest BCUT2D eigenvalue weighted by molar-refractivity contribution is -0.121. The Bertz CT molecular complexity index is 666. The van der Waals surface area contributed by atoms with Crippen molar-refractivity contribution in [2.24, 2.45) is 0 Å². The highest BCUT2D eigenvalue weighted by Gasteiger charge is 2.06. The van der Waals surface area contributed by atoms with Gasteiger partial charge < -0.3 is 10.1 Å². The number of unbranched alkanes of at least 4 members (excludes halogenated alkanes) is 1. The number of hydrogen-bond donors (Lipinski definition) is 1. The summed E-state index contributed by atoms with van der Waals surface area (Å²) in [6, 6.07) is 10.1. The van der Waals surface area contributed by atoms with Crippen LogP contribution < -0.4 is 10.1 Å². The van der Waals surface area contributed by atoms with E-state index in [1.807, 2.05) is 38.2 Å². The van der Waals surface area contributed by atoms with Gasteiger partial charge in [0.25, 0.3) is 0 Å². The number of methoxy groups -OCH3 is 1. The summed E-state index contributed by atoms with van der Waals surface area (Å²) in [5.41, 5.74) is 4.40. The van der Waals surface area contributed by atoms with Crippen LogP contribution in [0.4, 0.5) is 0 Å². The molecule has 24 heavy (non-hydrogen) atoms. The van der Waals surface area contributed by atoms with Gasteiger partial charge in [0.15, 0.2) is 0 Å². The summed E-state index contributed by atoms with van der Waals surface area (Å²) >= 11 is 0. The third-order valence-electron chi connectivity index (χ3n) is 3.98. The summed E-state index contributed by atoms with van der Waals surface area (Å²) < 4.78 is 5.36. The molecule has 4 nitrogen and oxygen atoms in total. The first-order valence-corrected chi connectivity index (χ1v) is 8.40. The summed E-state index contributed by atoms with van der Waals surface area (Å²) in [6.07, 6.45) is 5.18. The van der Waals surface area contributed by atoms with Crippen LogP contribution in [0.2, 0.25) is 0 Å². The predicted molar refractivity (Wildman–Crippen MR) is 96.1 cm³/mol. The van der Waals surface area contributed by atoms with Crippen molar-refractivity contribution in [3.05, 3.63) is 58.9 Å². The highest BCUT2D eigenvalue weighted by molar-refractivity contribution is 5.75. The second-order valence-electron chi connectivity index (χ2n) is 6.13. The van der Waals surface area contributed by atoms with Gasteiger partial charge in [-0.15, -0.1) is 0 Å². The van der Waals surface area contributed by atoms with Gasteiger partial charge >= 0.3 is 0 Å². The first kappa shape index (κ1) is 18.0. The fourth-order valence-corrected chi connectivity index (χ4v) is 2.52. The number of benzene rings is 1. The highest BCUT2D eigenvalue weighted by atomic mass is 16.5. The van der Waals surface area contributed by atoms with E-state index in [9.17, 15) is 4.79 Å². The number of aryl methyl sites for hydroxylation is 3. The molecule has 0 bridgehead atoms. The maximum atomic E-state index is 12.0. The zero-order valence-corrected chi connectivity index (χ0v) is 14.8. The van der Waals surface area contributed by atoms with Gasteiger partial charge in [0.05, 0.1) is 7.11 Å². The van der Waals surface area contributed by atoms with Gasteiger partial charge in [-0.1, -0.05) is 18.2 Å². The third kappa shape index (κ3) is 5.69. The second-order valence-corrected chi connectivity index (χ2v) is 6.13. The van der Waals surface area contributed by atoms with E-state index in [-0.39, 0.29) is 5.91 Å². The fourth-order valence-electron chi connectivity index (χ4n) is 2.52. The summed E-state index contributed by atoms with van der Waals surface area (Å²) in [4.78, 5) is 16.4. The van der Waals surface area contributed by atoms with Gasteiger partial charge in [0, 0.05) is 30.4 Å². The van der Waals surface area contributed by atoms with Crippen LogP contribution in [0.15, 0.2) is 36.5 Å². The summed E-state index contributed by atoms with van der Waals surface area (Å²) in [6.45, 7) is 4.56. The van der Waals surface area contributed by atoms with Crippen molar-refractivity contribution in [3.63, 3.8) is 0 Å². The molecule has 2 aromatic rings. The van der Waals surface area contributed by atoms with Crippen LogP contribution in [0.5, 0.6) is 5.75 Å². The first-order chi connectivity index (χ1) is 11.6. The van der Waals surface area contributed by atoms with Gasteiger partial charge in [-0.05, 0) is 56.4 Å². The summed E-state index contributed by atoms with van der Waals surface area (Å²) in [5, 5.41) is 2.96. The zero-order valence-electron chi connectivity index (χ0n) is 14.8. The van der Waals surface area contributed by atoms with Crippen LogP contribution in [0.25, 0.3) is 0 Å². The second kappa shape index (κ2) is 9.06. The first-order valence-electron chi connectivity index (χ1n) is 8.40. The van der Waals surface area contributed by atoms with E-state index in [2.05, 4.69) is 22.4 Å². The number of hydrogen-bond acceptors (Lipinski definition) is 3. The summed E-state index contributed by atoms with van der Waals surface area (Å²) in [5.74, 6) is 0.898. The van der Waals surface area contributed by atoms with Crippen LogP contribution in [0.3, 0.4) is 0 Å². The number of nitrogens with one attached hydrogen (secondary N) is 1. The maximum absolute atomic E-state index is 12.0. The molecule has 1 heterocycles. The Kier molecular flexibility index (Phi) is 6.79. The molecule has 0 spiro atoms. The maximum Gasteiger partial charge on any atom is 0.220 e. The Labute approximate surface area is 144 Å². The molecule has 0 unspecified atom stereocenters. The number of ether oxygens (including phenoxy) is 1. The number of pyridine rings is 1. The molecule has 1 aromatic heterocycles. The van der Waals surface area contributed by atoms with Gasteiger partial charge in [-0.2, -0.15) is 0 Å². The normalized spacial score (nSPS) is 10.5. The van der Waals surface area contributed by atoms with E-state index in [4.69, 9.17) is 4.74 Å². The molecule has 0 aliphatic carbocycles. The fraction of sp³-hybridized carbons (Fsp3) is 0.400. The molecule has 128 valence electrons. The van der Waals surface area contributed by atoms with Crippen LogP contribution in [-0.4, -0.2) is 18.0 Å². The Morgan fingerprint density at radius 3 is 2.62 bits per heavy atom. The minimum absolute atomic E-state index is 0.0782. The highest BCUT2D eigenvalue weighted by Crippen LogP contribution is 2.19. The molecular weight excluding hydrogens is 300 g/mol. The molecule has 0 atom stereocenters. The molecule has 0 radical (unpaired) electrons. The van der Waals surface area contributed by atoms with Gasteiger partial charge in [-0.3, -0.25) is 9.78 Å². The molecule has 0 fully saturated rings. The van der Waals surface area contributed by atoms with E-state index in [1.54, 1.807) is 7.11 Å². The minimum Gasteiger partial charge on any atom is -0.496 e. The number of carbonyl (C=O) groups excluding carboxylic acids is 1. The van der Waals surface area contributed by atoms with Crippen LogP contribution in [0.1, 0.15) is 41.6 Å². The van der Waals surface area contributed by atoms with E-state index in [0.717, 1.165) is 41.8 Å². The molecular formula is C20H26N2O2. The smallest absolute Gasteiger partial charge is 0.220 e. The third-order valence-corrected chi connectivity index (χ3v) is 3.98. The van der Waals surface area contributed by atoms with Crippen molar-refractivity contribution in [2.75, 3.05) is 7.11 Å². The van der Waals surface area contributed by atoms with Crippen molar-refractivity contribution in [1.82, 2.24) is 10.3 Å². The van der Waals surface area contributed by atoms with E-state index in [1.165, 1.54) is 5.56 Å². The van der Waals surface area contributed by atoms with Crippen LogP contribution in [-0.2, 0) is 17.8 Å². The number of carbonyl (C=O) groups is 1. The van der Waals surface area contributed by atoms with E-state index in [0.29, 0.717) is 13.0 Å². The molecule has 4 heteroatoms. The lowest BCUT2D eigenvalue weighted by Crippen LogP contribution is -2.22. The lowest BCUT2D eigenvalue weighted by atomic mass is 10.1. The van der Waals surface area contributed by atoms with Crippen molar-refractivity contribution >= 4 is 5.91 Å². The number of rotatable bonds is 8. The number of nitrogens with zero attached hydrogens (tertiary/aromatic N) is 1. The quantitative estimate of drug-likeness (QED) is 0.752. The van der Waals surface area contributed by atoms with E-state index >= 15 is 0 Å². The monoisotopic (exact) mass is 326 g/mol. The Hall–Kier alpha value is -2.36. The van der Waals surface area contributed by atoms with Crippen molar-refractivity contribution < 1.29 is 9.53 Å². The van der Waals surface area contributed by atoms with Gasteiger partial charge in [0.1, 0.15) is 5.75 Å². The number of aromatic nitrogens is 1. The molecule has 0 saturated heterocycles. The Balaban J connectivity index is 1.69. The van der Waals surface area contributed by atoms with Gasteiger partial charge in [0.2, 0.25) is 5.91 Å². The molecule has 1 amide bonds. The zero-order chi connectivity index (χ0) is 17.4. The van der Waals surface area contributed by atoms with Crippen molar-refractivity contribution in [3.8, 4) is 5.75 Å². The molecule has 1 N–H and O–H groups in total. The predicted octanol–water partition coefficient (Wildman–Crippen LogP) is 3.74. The standard InChI is InChI=1S/C20H26N2O2/c1-15-8-10-17(19(12-15)24-3)14-22-20(23)7-5-4-6-18-11-9-16(2)13-21-18/h8-13H,4-7,14H2,1-3H3,(H,22,23). The Morgan fingerprint density at radius 2 is 1.92 bits per heavy atom. The summed E-state index contributed by atoms with van der Waals surface area (Å²) in [7, 11) is 1.65. The lowest BCUT2D eigenvalue weighted by Gasteiger charge is -2.10. The molecule has 1 aromatic carbocycles. The SMILES string of the molecule is COc1cc(C)ccc1CNC(=O)CCCCc1ccc(C)cn1. The largest absolute Gasteiger partial charge is 0.496 e. The van der Waals surface area contributed by atoms with E-state index < -0.39 is 0 Å².